The van der Waals surface area contributed by atoms with Crippen molar-refractivity contribution < 1.29 is 27.5 Å². The number of rotatable bonds is 3. The molecule has 6 nitrogen and oxygen atoms in total. The highest BCUT2D eigenvalue weighted by atomic mass is 19.4. The molecule has 1 saturated heterocycles. The van der Waals surface area contributed by atoms with Crippen molar-refractivity contribution in [3.8, 4) is 0 Å². The van der Waals surface area contributed by atoms with Gasteiger partial charge in [0.05, 0.1) is 17.9 Å². The van der Waals surface area contributed by atoms with E-state index in [0.717, 1.165) is 12.1 Å². The lowest BCUT2D eigenvalue weighted by molar-refractivity contribution is -0.141. The number of pyridine rings is 1. The zero-order valence-electron chi connectivity index (χ0n) is 14.0. The maximum absolute atomic E-state index is 12.6. The summed E-state index contributed by atoms with van der Waals surface area (Å²) in [5.74, 6) is -0.465. The topological polar surface area (TPSA) is 71.5 Å². The molecule has 2 rings (SSSR count). The highest BCUT2D eigenvalue weighted by Crippen LogP contribution is 2.28. The average Bonchev–Trinajstić information content (AvgIpc) is 2.54. The summed E-state index contributed by atoms with van der Waals surface area (Å²) in [4.78, 5) is 28.9. The Bertz CT molecular complexity index is 641. The molecule has 1 fully saturated rings. The number of carbonyl (C=O) groups excluding carboxylic acids is 2. The number of likely N-dealkylation sites (tertiary alicyclic amines) is 1. The first-order chi connectivity index (χ1) is 11.7. The van der Waals surface area contributed by atoms with E-state index in [4.69, 9.17) is 4.74 Å². The van der Waals surface area contributed by atoms with Crippen LogP contribution in [0.15, 0.2) is 12.1 Å². The van der Waals surface area contributed by atoms with Crippen LogP contribution in [0.3, 0.4) is 0 Å². The fourth-order valence-corrected chi connectivity index (χ4v) is 2.64. The number of piperidine rings is 1. The van der Waals surface area contributed by atoms with Gasteiger partial charge in [-0.2, -0.15) is 13.2 Å². The molecule has 2 amide bonds. The number of amides is 2. The molecule has 9 heteroatoms. The number of alkyl halides is 3. The second kappa shape index (κ2) is 7.71. The van der Waals surface area contributed by atoms with Gasteiger partial charge in [0, 0.05) is 19.1 Å². The largest absolute Gasteiger partial charge is 0.450 e. The number of aryl methyl sites for hydroxylation is 1. The van der Waals surface area contributed by atoms with Gasteiger partial charge < -0.3 is 15.0 Å². The second-order valence-corrected chi connectivity index (χ2v) is 5.76. The molecule has 138 valence electrons. The van der Waals surface area contributed by atoms with Crippen LogP contribution in [0.4, 0.5) is 18.0 Å². The molecule has 2 heterocycles. The Morgan fingerprint density at radius 3 is 2.48 bits per heavy atom. The predicted molar refractivity (Wildman–Crippen MR) is 83.1 cm³/mol. The average molecular weight is 359 g/mol. The van der Waals surface area contributed by atoms with E-state index in [-0.39, 0.29) is 23.4 Å². The molecule has 0 radical (unpaired) electrons. The molecule has 1 aromatic rings. The summed E-state index contributed by atoms with van der Waals surface area (Å²) in [6, 6.07) is 1.78. The van der Waals surface area contributed by atoms with Gasteiger partial charge in [-0.15, -0.1) is 0 Å². The third-order valence-corrected chi connectivity index (χ3v) is 3.98. The molecule has 1 N–H and O–H groups in total. The van der Waals surface area contributed by atoms with Crippen LogP contribution in [0, 0.1) is 6.92 Å². The summed E-state index contributed by atoms with van der Waals surface area (Å²) in [7, 11) is 0. The molecular weight excluding hydrogens is 339 g/mol. The molecule has 0 unspecified atom stereocenters. The van der Waals surface area contributed by atoms with E-state index in [1.807, 2.05) is 0 Å². The molecule has 0 aliphatic carbocycles. The lowest BCUT2D eigenvalue weighted by Gasteiger charge is -2.31. The Hall–Kier alpha value is -2.32. The monoisotopic (exact) mass is 359 g/mol. The van der Waals surface area contributed by atoms with Gasteiger partial charge in [-0.25, -0.2) is 9.78 Å². The molecule has 0 spiro atoms. The number of ether oxygens (including phenoxy) is 1. The van der Waals surface area contributed by atoms with Crippen LogP contribution in [0.1, 0.15) is 41.5 Å². The van der Waals surface area contributed by atoms with Crippen LogP contribution >= 0.6 is 0 Å². The van der Waals surface area contributed by atoms with E-state index >= 15 is 0 Å². The smallest absolute Gasteiger partial charge is 0.433 e. The van der Waals surface area contributed by atoms with Crippen molar-refractivity contribution in [2.75, 3.05) is 19.7 Å². The number of hydrogen-bond donors (Lipinski definition) is 1. The third-order valence-electron chi connectivity index (χ3n) is 3.98. The Morgan fingerprint density at radius 1 is 1.32 bits per heavy atom. The lowest BCUT2D eigenvalue weighted by Crippen LogP contribution is -2.46. The summed E-state index contributed by atoms with van der Waals surface area (Å²) in [6.45, 7) is 4.30. The standard InChI is InChI=1S/C16H20F3N3O3/c1-3-25-15(24)22-8-6-11(7-9-22)21-14(23)12-4-5-13(16(17,18)19)20-10(12)2/h4-5,11H,3,6-9H2,1-2H3,(H,21,23). The zero-order valence-corrected chi connectivity index (χ0v) is 14.0. The van der Waals surface area contributed by atoms with Crippen LogP contribution in [0.2, 0.25) is 0 Å². The number of nitrogens with zero attached hydrogens (tertiary/aromatic N) is 2. The molecule has 0 aromatic carbocycles. The molecule has 25 heavy (non-hydrogen) atoms. The van der Waals surface area contributed by atoms with Gasteiger partial charge in [0.2, 0.25) is 0 Å². The molecule has 0 saturated carbocycles. The number of halogens is 3. The summed E-state index contributed by atoms with van der Waals surface area (Å²) in [6.07, 6.45) is -3.82. The number of nitrogens with one attached hydrogen (secondary N) is 1. The fraction of sp³-hybridized carbons (Fsp3) is 0.562. The van der Waals surface area contributed by atoms with Crippen molar-refractivity contribution in [3.05, 3.63) is 29.1 Å². The summed E-state index contributed by atoms with van der Waals surface area (Å²) in [5.41, 5.74) is -0.888. The number of hydrogen-bond acceptors (Lipinski definition) is 4. The van der Waals surface area contributed by atoms with Crippen molar-refractivity contribution in [2.45, 2.75) is 38.9 Å². The summed E-state index contributed by atoms with van der Waals surface area (Å²) in [5, 5.41) is 2.79. The van der Waals surface area contributed by atoms with E-state index in [0.29, 0.717) is 32.5 Å². The second-order valence-electron chi connectivity index (χ2n) is 5.76. The highest BCUT2D eigenvalue weighted by Gasteiger charge is 2.33. The zero-order chi connectivity index (χ0) is 18.6. The minimum atomic E-state index is -4.54. The molecular formula is C16H20F3N3O3. The van der Waals surface area contributed by atoms with Gasteiger partial charge in [-0.1, -0.05) is 0 Å². The Labute approximate surface area is 143 Å². The Balaban J connectivity index is 1.94. The van der Waals surface area contributed by atoms with Crippen LogP contribution in [-0.2, 0) is 10.9 Å². The first-order valence-electron chi connectivity index (χ1n) is 7.99. The quantitative estimate of drug-likeness (QED) is 0.901. The van der Waals surface area contributed by atoms with Gasteiger partial charge in [-0.05, 0) is 38.8 Å². The van der Waals surface area contributed by atoms with Crippen LogP contribution in [0.25, 0.3) is 0 Å². The lowest BCUT2D eigenvalue weighted by atomic mass is 10.0. The Kier molecular flexibility index (Phi) is 5.86. The van der Waals surface area contributed by atoms with E-state index in [9.17, 15) is 22.8 Å². The normalized spacial score (nSPS) is 15.8. The minimum Gasteiger partial charge on any atom is -0.450 e. The van der Waals surface area contributed by atoms with Crippen molar-refractivity contribution >= 4 is 12.0 Å². The van der Waals surface area contributed by atoms with Gasteiger partial charge in [0.25, 0.3) is 5.91 Å². The Morgan fingerprint density at radius 2 is 1.96 bits per heavy atom. The van der Waals surface area contributed by atoms with E-state index in [1.54, 1.807) is 11.8 Å². The van der Waals surface area contributed by atoms with Crippen molar-refractivity contribution in [1.29, 1.82) is 0 Å². The highest BCUT2D eigenvalue weighted by molar-refractivity contribution is 5.95. The first kappa shape index (κ1) is 19.0. The van der Waals surface area contributed by atoms with Gasteiger partial charge in [0.15, 0.2) is 0 Å². The number of aromatic nitrogens is 1. The fourth-order valence-electron chi connectivity index (χ4n) is 2.64. The first-order valence-corrected chi connectivity index (χ1v) is 7.99. The molecule has 0 atom stereocenters. The minimum absolute atomic E-state index is 0.0243. The van der Waals surface area contributed by atoms with Crippen LogP contribution in [0.5, 0.6) is 0 Å². The number of carbonyl (C=O) groups is 2. The molecule has 0 bridgehead atoms. The molecule has 1 aliphatic rings. The third kappa shape index (κ3) is 4.83. The van der Waals surface area contributed by atoms with Gasteiger partial charge in [-0.3, -0.25) is 4.79 Å². The van der Waals surface area contributed by atoms with E-state index < -0.39 is 17.8 Å². The summed E-state index contributed by atoms with van der Waals surface area (Å²) >= 11 is 0. The molecule has 1 aromatic heterocycles. The van der Waals surface area contributed by atoms with E-state index in [2.05, 4.69) is 10.3 Å². The van der Waals surface area contributed by atoms with Crippen molar-refractivity contribution in [2.24, 2.45) is 0 Å². The van der Waals surface area contributed by atoms with Gasteiger partial charge in [0.1, 0.15) is 5.69 Å². The summed E-state index contributed by atoms with van der Waals surface area (Å²) < 4.78 is 42.8. The predicted octanol–water partition coefficient (Wildman–Crippen LogP) is 2.76. The van der Waals surface area contributed by atoms with Gasteiger partial charge >= 0.3 is 12.3 Å². The maximum atomic E-state index is 12.6. The van der Waals surface area contributed by atoms with Crippen molar-refractivity contribution in [1.82, 2.24) is 15.2 Å². The molecule has 1 aliphatic heterocycles. The van der Waals surface area contributed by atoms with Crippen LogP contribution in [-0.4, -0.2) is 47.6 Å². The maximum Gasteiger partial charge on any atom is 0.433 e. The van der Waals surface area contributed by atoms with Crippen LogP contribution < -0.4 is 5.32 Å². The van der Waals surface area contributed by atoms with Crippen molar-refractivity contribution in [3.63, 3.8) is 0 Å². The van der Waals surface area contributed by atoms with E-state index in [1.165, 1.54) is 6.92 Å². The SMILES string of the molecule is CCOC(=O)N1CCC(NC(=O)c2ccc(C(F)(F)F)nc2C)CC1.